The summed E-state index contributed by atoms with van der Waals surface area (Å²) in [5, 5.41) is 10.7. The molecule has 0 saturated heterocycles. The van der Waals surface area contributed by atoms with Gasteiger partial charge in [0.05, 0.1) is 11.1 Å². The van der Waals surface area contributed by atoms with Crippen LogP contribution in [0.3, 0.4) is 0 Å². The normalized spacial score (nSPS) is 16.9. The lowest BCUT2D eigenvalue weighted by molar-refractivity contribution is 0.0960. The van der Waals surface area contributed by atoms with E-state index in [1.54, 1.807) is 24.3 Å². The van der Waals surface area contributed by atoms with Crippen molar-refractivity contribution in [3.63, 3.8) is 0 Å². The average Bonchev–Trinajstić information content (AvgIpc) is 3.00. The lowest BCUT2D eigenvalue weighted by atomic mass is 9.83. The van der Waals surface area contributed by atoms with Crippen LogP contribution in [0.4, 0.5) is 0 Å². The molecular formula is C20H15ClO3. The van der Waals surface area contributed by atoms with Gasteiger partial charge in [-0.15, -0.1) is 0 Å². The number of halogens is 1. The van der Waals surface area contributed by atoms with Crippen molar-refractivity contribution in [2.45, 2.75) is 18.8 Å². The zero-order chi connectivity index (χ0) is 16.7. The molecule has 3 nitrogen and oxygen atoms in total. The number of Topliss-reactive ketones (excluding diaryl/α,β-unsaturated/α-hetero) is 1. The molecule has 3 aromatic rings. The number of aromatic hydroxyl groups is 1. The number of phenols is 1. The summed E-state index contributed by atoms with van der Waals surface area (Å²) in [5.74, 6) is 1.52. The maximum Gasteiger partial charge on any atom is 0.167 e. The molecule has 1 N–H and O–H groups in total. The minimum Gasteiger partial charge on any atom is -0.507 e. The highest BCUT2D eigenvalue weighted by molar-refractivity contribution is 6.30. The van der Waals surface area contributed by atoms with E-state index < -0.39 is 0 Å². The van der Waals surface area contributed by atoms with Crippen molar-refractivity contribution in [2.24, 2.45) is 0 Å². The molecule has 1 unspecified atom stereocenters. The summed E-state index contributed by atoms with van der Waals surface area (Å²) >= 11 is 5.94. The monoisotopic (exact) mass is 338 g/mol. The molecule has 1 atom stereocenters. The van der Waals surface area contributed by atoms with Crippen molar-refractivity contribution in [3.05, 3.63) is 76.5 Å². The molecule has 1 heterocycles. The highest BCUT2D eigenvalue weighted by atomic mass is 35.5. The van der Waals surface area contributed by atoms with Crippen LogP contribution in [-0.2, 0) is 6.42 Å². The summed E-state index contributed by atoms with van der Waals surface area (Å²) < 4.78 is 5.91. The number of benzene rings is 2. The van der Waals surface area contributed by atoms with Gasteiger partial charge in [0, 0.05) is 17.9 Å². The smallest absolute Gasteiger partial charge is 0.167 e. The zero-order valence-corrected chi connectivity index (χ0v) is 13.6. The molecule has 0 aliphatic heterocycles. The molecule has 4 heteroatoms. The van der Waals surface area contributed by atoms with Crippen LogP contribution >= 0.6 is 11.6 Å². The average molecular weight is 339 g/mol. The van der Waals surface area contributed by atoms with Crippen LogP contribution in [0.25, 0.3) is 11.3 Å². The first-order valence-corrected chi connectivity index (χ1v) is 8.19. The number of ketones is 1. The Kier molecular flexibility index (Phi) is 3.66. The number of fused-ring (bicyclic) bond motifs is 1. The molecule has 1 aliphatic rings. The molecule has 0 fully saturated rings. The summed E-state index contributed by atoms with van der Waals surface area (Å²) in [6.45, 7) is 0. The molecule has 0 bridgehead atoms. The first kappa shape index (κ1) is 15.0. The first-order valence-electron chi connectivity index (χ1n) is 7.81. The van der Waals surface area contributed by atoms with Crippen molar-refractivity contribution in [3.8, 4) is 17.1 Å². The predicted molar refractivity (Wildman–Crippen MR) is 92.7 cm³/mol. The fraction of sp³-hybridized carbons (Fsp3) is 0.150. The molecule has 0 radical (unpaired) electrons. The molecule has 24 heavy (non-hydrogen) atoms. The van der Waals surface area contributed by atoms with E-state index in [0.717, 1.165) is 5.56 Å². The lowest BCUT2D eigenvalue weighted by Gasteiger charge is -2.20. The van der Waals surface area contributed by atoms with E-state index in [9.17, 15) is 9.90 Å². The first-order chi connectivity index (χ1) is 11.6. The summed E-state index contributed by atoms with van der Waals surface area (Å²) in [7, 11) is 0. The zero-order valence-electron chi connectivity index (χ0n) is 12.8. The van der Waals surface area contributed by atoms with E-state index in [0.29, 0.717) is 40.5 Å². The van der Waals surface area contributed by atoms with Crippen LogP contribution in [0.15, 0.2) is 59.0 Å². The van der Waals surface area contributed by atoms with Gasteiger partial charge in [-0.1, -0.05) is 35.9 Å². The van der Waals surface area contributed by atoms with Gasteiger partial charge in [-0.2, -0.15) is 0 Å². The van der Waals surface area contributed by atoms with E-state index in [4.69, 9.17) is 16.0 Å². The van der Waals surface area contributed by atoms with Gasteiger partial charge in [0.25, 0.3) is 0 Å². The van der Waals surface area contributed by atoms with E-state index >= 15 is 0 Å². The lowest BCUT2D eigenvalue weighted by Crippen LogP contribution is -2.17. The topological polar surface area (TPSA) is 50.4 Å². The van der Waals surface area contributed by atoms with Crippen LogP contribution in [0.5, 0.6) is 5.75 Å². The molecule has 4 rings (SSSR count). The highest BCUT2D eigenvalue weighted by Crippen LogP contribution is 2.38. The second kappa shape index (κ2) is 5.84. The van der Waals surface area contributed by atoms with Gasteiger partial charge in [0.2, 0.25) is 0 Å². The Morgan fingerprint density at radius 3 is 2.50 bits per heavy atom. The van der Waals surface area contributed by atoms with Crippen molar-refractivity contribution in [1.29, 1.82) is 0 Å². The van der Waals surface area contributed by atoms with Gasteiger partial charge < -0.3 is 9.52 Å². The third-order valence-corrected chi connectivity index (χ3v) is 4.74. The summed E-state index contributed by atoms with van der Waals surface area (Å²) in [4.78, 5) is 12.5. The number of furan rings is 1. The molecular weight excluding hydrogens is 324 g/mol. The number of rotatable bonds is 2. The molecule has 1 aromatic heterocycles. The van der Waals surface area contributed by atoms with E-state index in [-0.39, 0.29) is 17.5 Å². The van der Waals surface area contributed by atoms with E-state index in [1.807, 2.05) is 30.3 Å². The highest BCUT2D eigenvalue weighted by Gasteiger charge is 2.30. The van der Waals surface area contributed by atoms with Crippen molar-refractivity contribution < 1.29 is 14.3 Å². The number of carbonyl (C=O) groups is 1. The van der Waals surface area contributed by atoms with Crippen LogP contribution in [-0.4, -0.2) is 10.9 Å². The molecule has 0 amide bonds. The van der Waals surface area contributed by atoms with Crippen molar-refractivity contribution in [1.82, 2.24) is 0 Å². The SMILES string of the molecule is O=C1CC(c2ccc(Cl)cc2)Cc2oc(-c3ccccc3O)cc21. The Bertz CT molecular complexity index is 909. The van der Waals surface area contributed by atoms with Crippen LogP contribution in [0, 0.1) is 0 Å². The van der Waals surface area contributed by atoms with Crippen LogP contribution in [0.2, 0.25) is 5.02 Å². The van der Waals surface area contributed by atoms with Gasteiger partial charge in [-0.25, -0.2) is 0 Å². The minimum atomic E-state index is 0.0709. The number of para-hydroxylation sites is 1. The standard InChI is InChI=1S/C20H15ClO3/c21-14-7-5-12(6-8-14)13-9-18(23)16-11-20(24-19(16)10-13)15-3-1-2-4-17(15)22/h1-8,11,13,22H,9-10H2. The van der Waals surface area contributed by atoms with Gasteiger partial charge in [0.1, 0.15) is 17.3 Å². The molecule has 120 valence electrons. The van der Waals surface area contributed by atoms with Gasteiger partial charge in [-0.05, 0) is 41.8 Å². The Balaban J connectivity index is 1.70. The van der Waals surface area contributed by atoms with Crippen LogP contribution < -0.4 is 0 Å². The number of hydrogen-bond donors (Lipinski definition) is 1. The number of carbonyl (C=O) groups excluding carboxylic acids is 1. The number of phenolic OH excluding ortho intramolecular Hbond substituents is 1. The molecule has 0 spiro atoms. The van der Waals surface area contributed by atoms with Gasteiger partial charge >= 0.3 is 0 Å². The Morgan fingerprint density at radius 1 is 1.00 bits per heavy atom. The third-order valence-electron chi connectivity index (χ3n) is 4.48. The quantitative estimate of drug-likeness (QED) is 0.697. The molecule has 1 aliphatic carbocycles. The van der Waals surface area contributed by atoms with Gasteiger partial charge in [-0.3, -0.25) is 4.79 Å². The largest absolute Gasteiger partial charge is 0.507 e. The molecule has 2 aromatic carbocycles. The van der Waals surface area contributed by atoms with Crippen molar-refractivity contribution in [2.75, 3.05) is 0 Å². The predicted octanol–water partition coefficient (Wildman–Crippen LogP) is 5.22. The van der Waals surface area contributed by atoms with Crippen LogP contribution in [0.1, 0.15) is 34.0 Å². The van der Waals surface area contributed by atoms with E-state index in [2.05, 4.69) is 0 Å². The fourth-order valence-electron chi connectivity index (χ4n) is 3.23. The summed E-state index contributed by atoms with van der Waals surface area (Å²) in [6.07, 6.45) is 1.12. The second-order valence-electron chi connectivity index (χ2n) is 6.04. The maximum absolute atomic E-state index is 12.5. The Morgan fingerprint density at radius 2 is 1.75 bits per heavy atom. The Labute approximate surface area is 144 Å². The minimum absolute atomic E-state index is 0.0709. The maximum atomic E-state index is 12.5. The van der Waals surface area contributed by atoms with E-state index in [1.165, 1.54) is 0 Å². The second-order valence-corrected chi connectivity index (χ2v) is 6.48. The number of hydrogen-bond acceptors (Lipinski definition) is 3. The third kappa shape index (κ3) is 2.61. The fourth-order valence-corrected chi connectivity index (χ4v) is 3.36. The van der Waals surface area contributed by atoms with Gasteiger partial charge in [0.15, 0.2) is 5.78 Å². The van der Waals surface area contributed by atoms with Crippen molar-refractivity contribution >= 4 is 17.4 Å². The molecule has 0 saturated carbocycles. The summed E-state index contributed by atoms with van der Waals surface area (Å²) in [6, 6.07) is 16.3. The Hall–Kier alpha value is -2.52. The summed E-state index contributed by atoms with van der Waals surface area (Å²) in [5.41, 5.74) is 2.31.